The van der Waals surface area contributed by atoms with Crippen LogP contribution < -0.4 is 0 Å². The molecule has 158 valence electrons. The minimum Gasteiger partial charge on any atom is -0.393 e. The number of aliphatic hydroxyl groups excluding tert-OH is 1. The maximum Gasteiger partial charge on any atom is 0.0577 e. The van der Waals surface area contributed by atoms with Crippen molar-refractivity contribution in [3.8, 4) is 0 Å². The van der Waals surface area contributed by atoms with E-state index in [1.165, 1.54) is 38.5 Å². The molecule has 0 amide bonds. The molecule has 0 spiro atoms. The van der Waals surface area contributed by atoms with Crippen molar-refractivity contribution in [1.82, 2.24) is 0 Å². The zero-order valence-electron chi connectivity index (χ0n) is 19.3. The van der Waals surface area contributed by atoms with Gasteiger partial charge >= 0.3 is 0 Å². The fourth-order valence-corrected chi connectivity index (χ4v) is 8.50. The molecule has 0 saturated heterocycles. The highest BCUT2D eigenvalue weighted by Crippen LogP contribution is 2.67. The molecule has 8 atom stereocenters. The van der Waals surface area contributed by atoms with Crippen molar-refractivity contribution in [2.24, 2.45) is 46.3 Å². The molecule has 3 saturated carbocycles. The van der Waals surface area contributed by atoms with Crippen LogP contribution in [0.5, 0.6) is 0 Å². The van der Waals surface area contributed by atoms with Crippen molar-refractivity contribution in [3.63, 3.8) is 0 Å². The number of hydrogen-bond donors (Lipinski definition) is 1. The number of allylic oxidation sites excluding steroid dienone is 3. The van der Waals surface area contributed by atoms with E-state index in [-0.39, 0.29) is 6.10 Å². The summed E-state index contributed by atoms with van der Waals surface area (Å²) in [4.78, 5) is 0. The van der Waals surface area contributed by atoms with Gasteiger partial charge < -0.3 is 5.11 Å². The molecule has 8 unspecified atom stereocenters. The molecule has 0 radical (unpaired) electrons. The minimum atomic E-state index is -0.0860. The lowest BCUT2D eigenvalue weighted by Gasteiger charge is -2.58. The molecule has 0 bridgehead atoms. The van der Waals surface area contributed by atoms with E-state index in [0.717, 1.165) is 42.4 Å². The van der Waals surface area contributed by atoms with Crippen LogP contribution in [-0.4, -0.2) is 11.2 Å². The van der Waals surface area contributed by atoms with Gasteiger partial charge in [-0.05, 0) is 105 Å². The van der Waals surface area contributed by atoms with Crippen LogP contribution in [0.3, 0.4) is 0 Å². The normalized spacial score (nSPS) is 47.2. The van der Waals surface area contributed by atoms with Gasteiger partial charge in [0.05, 0.1) is 6.10 Å². The first-order valence-electron chi connectivity index (χ1n) is 12.2. The summed E-state index contributed by atoms with van der Waals surface area (Å²) in [6.45, 7) is 14.7. The first kappa shape index (κ1) is 20.7. The van der Waals surface area contributed by atoms with E-state index >= 15 is 0 Å². The van der Waals surface area contributed by atoms with Gasteiger partial charge in [0, 0.05) is 0 Å². The SMILES string of the molecule is CC(=CC(C)C)C(C)C1CCC2C3CC=C4CC(O)CCC4(C)C3CCC12C. The van der Waals surface area contributed by atoms with E-state index in [1.807, 2.05) is 0 Å². The summed E-state index contributed by atoms with van der Waals surface area (Å²) in [5.41, 5.74) is 4.14. The summed E-state index contributed by atoms with van der Waals surface area (Å²) in [7, 11) is 0. The maximum absolute atomic E-state index is 10.2. The van der Waals surface area contributed by atoms with E-state index in [1.54, 1.807) is 11.1 Å². The van der Waals surface area contributed by atoms with E-state index < -0.39 is 0 Å². The summed E-state index contributed by atoms with van der Waals surface area (Å²) in [5, 5.41) is 10.2. The topological polar surface area (TPSA) is 20.2 Å². The third-order valence-electron chi connectivity index (χ3n) is 10.1. The highest BCUT2D eigenvalue weighted by atomic mass is 16.3. The second-order valence-electron chi connectivity index (χ2n) is 11.8. The standard InChI is InChI=1S/C27H44O/c1-17(2)15-18(3)19(4)23-9-10-24-22-8-7-20-16-21(28)11-13-26(20,5)25(22)12-14-27(23,24)6/h7,15,17,19,21-25,28H,8-14,16H2,1-6H3. The van der Waals surface area contributed by atoms with Crippen molar-refractivity contribution < 1.29 is 5.11 Å². The third kappa shape index (κ3) is 3.15. The van der Waals surface area contributed by atoms with Gasteiger partial charge in [-0.15, -0.1) is 0 Å². The average Bonchev–Trinajstić information content (AvgIpc) is 2.98. The molecule has 4 rings (SSSR count). The van der Waals surface area contributed by atoms with Crippen molar-refractivity contribution in [1.29, 1.82) is 0 Å². The fraction of sp³-hybridized carbons (Fsp3) is 0.852. The second kappa shape index (κ2) is 7.29. The quantitative estimate of drug-likeness (QED) is 0.512. The number of fused-ring (bicyclic) bond motifs is 5. The van der Waals surface area contributed by atoms with Crippen LogP contribution in [0.2, 0.25) is 0 Å². The zero-order chi connectivity index (χ0) is 20.3. The first-order chi connectivity index (χ1) is 13.2. The Labute approximate surface area is 174 Å². The van der Waals surface area contributed by atoms with Gasteiger partial charge in [0.2, 0.25) is 0 Å². The largest absolute Gasteiger partial charge is 0.393 e. The van der Waals surface area contributed by atoms with Crippen molar-refractivity contribution >= 4 is 0 Å². The van der Waals surface area contributed by atoms with Crippen LogP contribution in [0.15, 0.2) is 23.3 Å². The molecule has 4 aliphatic carbocycles. The van der Waals surface area contributed by atoms with E-state index in [4.69, 9.17) is 0 Å². The van der Waals surface area contributed by atoms with Crippen LogP contribution in [0, 0.1) is 46.3 Å². The molecule has 0 heterocycles. The smallest absolute Gasteiger partial charge is 0.0577 e. The third-order valence-corrected chi connectivity index (χ3v) is 10.1. The predicted molar refractivity (Wildman–Crippen MR) is 119 cm³/mol. The lowest BCUT2D eigenvalue weighted by molar-refractivity contribution is -0.0546. The van der Waals surface area contributed by atoms with Crippen molar-refractivity contribution in [3.05, 3.63) is 23.3 Å². The predicted octanol–water partition coefficient (Wildman–Crippen LogP) is 7.16. The summed E-state index contributed by atoms with van der Waals surface area (Å²) in [6.07, 6.45) is 15.2. The Balaban J connectivity index is 1.59. The molecule has 1 heteroatoms. The molecule has 0 aromatic heterocycles. The van der Waals surface area contributed by atoms with Gasteiger partial charge in [-0.25, -0.2) is 0 Å². The Kier molecular flexibility index (Phi) is 5.39. The molecule has 0 aromatic carbocycles. The van der Waals surface area contributed by atoms with E-state index in [2.05, 4.69) is 53.7 Å². The molecule has 0 aromatic rings. The Hall–Kier alpha value is -0.560. The molecule has 3 fully saturated rings. The van der Waals surface area contributed by atoms with Gasteiger partial charge in [0.15, 0.2) is 0 Å². The molecule has 1 nitrogen and oxygen atoms in total. The van der Waals surface area contributed by atoms with Crippen LogP contribution in [0.4, 0.5) is 0 Å². The Morgan fingerprint density at radius 2 is 1.82 bits per heavy atom. The first-order valence-corrected chi connectivity index (χ1v) is 12.2. The summed E-state index contributed by atoms with van der Waals surface area (Å²) < 4.78 is 0. The highest BCUT2D eigenvalue weighted by molar-refractivity contribution is 5.25. The maximum atomic E-state index is 10.2. The molecule has 28 heavy (non-hydrogen) atoms. The fourth-order valence-electron chi connectivity index (χ4n) is 8.50. The number of aliphatic hydroxyl groups is 1. The van der Waals surface area contributed by atoms with Gasteiger partial charge in [-0.3, -0.25) is 0 Å². The van der Waals surface area contributed by atoms with Gasteiger partial charge in [0.25, 0.3) is 0 Å². The Morgan fingerprint density at radius 3 is 2.54 bits per heavy atom. The van der Waals surface area contributed by atoms with Crippen molar-refractivity contribution in [2.45, 2.75) is 99.0 Å². The molecule has 4 aliphatic rings. The lowest BCUT2D eigenvalue weighted by atomic mass is 9.47. The number of hydrogen-bond acceptors (Lipinski definition) is 1. The molecule has 0 aliphatic heterocycles. The Morgan fingerprint density at radius 1 is 1.07 bits per heavy atom. The monoisotopic (exact) mass is 384 g/mol. The average molecular weight is 385 g/mol. The minimum absolute atomic E-state index is 0.0860. The van der Waals surface area contributed by atoms with E-state index in [0.29, 0.717) is 16.7 Å². The van der Waals surface area contributed by atoms with Gasteiger partial charge in [-0.2, -0.15) is 0 Å². The van der Waals surface area contributed by atoms with E-state index in [9.17, 15) is 5.11 Å². The van der Waals surface area contributed by atoms with Gasteiger partial charge in [0.1, 0.15) is 0 Å². The zero-order valence-corrected chi connectivity index (χ0v) is 19.3. The molecular weight excluding hydrogens is 340 g/mol. The summed E-state index contributed by atoms with van der Waals surface area (Å²) in [6, 6.07) is 0. The summed E-state index contributed by atoms with van der Waals surface area (Å²) in [5.74, 6) is 4.90. The second-order valence-corrected chi connectivity index (χ2v) is 11.8. The van der Waals surface area contributed by atoms with Crippen LogP contribution >= 0.6 is 0 Å². The van der Waals surface area contributed by atoms with Crippen LogP contribution in [-0.2, 0) is 0 Å². The van der Waals surface area contributed by atoms with Gasteiger partial charge in [-0.1, -0.05) is 57.9 Å². The highest BCUT2D eigenvalue weighted by Gasteiger charge is 2.59. The molecular formula is C27H44O. The lowest BCUT2D eigenvalue weighted by Crippen LogP contribution is -2.50. The Bertz CT molecular complexity index is 657. The van der Waals surface area contributed by atoms with Crippen LogP contribution in [0.25, 0.3) is 0 Å². The number of rotatable bonds is 3. The molecule has 1 N–H and O–H groups in total. The summed E-state index contributed by atoms with van der Waals surface area (Å²) >= 11 is 0. The van der Waals surface area contributed by atoms with Crippen molar-refractivity contribution in [2.75, 3.05) is 0 Å². The van der Waals surface area contributed by atoms with Crippen LogP contribution in [0.1, 0.15) is 92.9 Å².